The Kier molecular flexibility index (Phi) is 2.20. The van der Waals surface area contributed by atoms with Crippen molar-refractivity contribution >= 4 is 10.9 Å². The zero-order chi connectivity index (χ0) is 5.98. The van der Waals surface area contributed by atoms with Crippen molar-refractivity contribution in [1.82, 2.24) is 4.90 Å². The summed E-state index contributed by atoms with van der Waals surface area (Å²) < 4.78 is 0. The largest absolute Gasteiger partial charge is 0.297 e. The highest BCUT2D eigenvalue weighted by atomic mass is 32.2. The fourth-order valence-electron chi connectivity index (χ4n) is 0.837. The van der Waals surface area contributed by atoms with Crippen molar-refractivity contribution in [2.45, 2.75) is 0 Å². The van der Waals surface area contributed by atoms with E-state index in [9.17, 15) is 0 Å². The molecule has 1 fully saturated rings. The van der Waals surface area contributed by atoms with Crippen LogP contribution < -0.4 is 0 Å². The topological polar surface area (TPSA) is 3.24 Å². The van der Waals surface area contributed by atoms with E-state index in [0.29, 0.717) is 0 Å². The van der Waals surface area contributed by atoms with Gasteiger partial charge in [0.15, 0.2) is 0 Å². The van der Waals surface area contributed by atoms with Gasteiger partial charge < -0.3 is 0 Å². The van der Waals surface area contributed by atoms with Crippen molar-refractivity contribution in [1.29, 1.82) is 0 Å². The van der Waals surface area contributed by atoms with Crippen LogP contribution in [0.25, 0.3) is 0 Å². The third-order valence-electron chi connectivity index (χ3n) is 1.64. The summed E-state index contributed by atoms with van der Waals surface area (Å²) in [5.74, 6) is 2.85. The molecule has 0 saturated carbocycles. The van der Waals surface area contributed by atoms with Crippen LogP contribution in [-0.4, -0.2) is 42.8 Å². The molecule has 0 spiro atoms. The molecule has 1 aliphatic heterocycles. The summed E-state index contributed by atoms with van der Waals surface area (Å²) in [4.78, 5) is 2.41. The van der Waals surface area contributed by atoms with E-state index in [-0.39, 0.29) is 0 Å². The second-order valence-corrected chi connectivity index (χ2v) is 4.87. The van der Waals surface area contributed by atoms with Gasteiger partial charge in [0.25, 0.3) is 0 Å². The first-order valence-electron chi connectivity index (χ1n) is 3.07. The van der Waals surface area contributed by atoms with Gasteiger partial charge in [-0.25, -0.2) is 0 Å². The summed E-state index contributed by atoms with van der Waals surface area (Å²) >= 11 is 0. The molecular weight excluding hydrogens is 118 g/mol. The van der Waals surface area contributed by atoms with E-state index in [4.69, 9.17) is 0 Å². The Balaban J connectivity index is 2.19. The van der Waals surface area contributed by atoms with Crippen LogP contribution in [0.2, 0.25) is 0 Å². The van der Waals surface area contributed by atoms with Crippen molar-refractivity contribution in [3.63, 3.8) is 0 Å². The Bertz CT molecular complexity index is 56.9. The van der Waals surface area contributed by atoms with E-state index in [0.717, 1.165) is 10.9 Å². The van der Waals surface area contributed by atoms with E-state index < -0.39 is 0 Å². The number of nitrogens with zero attached hydrogens (tertiary/aromatic N) is 1. The maximum atomic E-state index is 2.41. The molecule has 1 saturated heterocycles. The average molecular weight is 132 g/mol. The molecule has 0 N–H and O–H groups in total. The van der Waals surface area contributed by atoms with E-state index in [1.165, 1.54) is 24.6 Å². The molecule has 0 bridgehead atoms. The maximum absolute atomic E-state index is 2.41. The van der Waals surface area contributed by atoms with Gasteiger partial charge in [0.2, 0.25) is 0 Å². The van der Waals surface area contributed by atoms with Crippen molar-refractivity contribution in [3.8, 4) is 0 Å². The van der Waals surface area contributed by atoms with Crippen molar-refractivity contribution in [3.05, 3.63) is 0 Å². The monoisotopic (exact) mass is 132 g/mol. The molecule has 0 aromatic heterocycles. The Morgan fingerprint density at radius 3 is 2.12 bits per heavy atom. The SMILES string of the molecule is CN1CC[S+](C)CC1. The molecule has 0 radical (unpaired) electrons. The van der Waals surface area contributed by atoms with Crippen molar-refractivity contribution in [2.24, 2.45) is 0 Å². The molecule has 0 aromatic carbocycles. The third-order valence-corrected chi connectivity index (χ3v) is 3.40. The highest BCUT2D eigenvalue weighted by Crippen LogP contribution is 2.00. The van der Waals surface area contributed by atoms with Gasteiger partial charge in [-0.15, -0.1) is 0 Å². The Morgan fingerprint density at radius 2 is 1.75 bits per heavy atom. The molecule has 1 heterocycles. The molecule has 0 atom stereocenters. The summed E-state index contributed by atoms with van der Waals surface area (Å²) in [5.41, 5.74) is 0. The minimum Gasteiger partial charge on any atom is -0.297 e. The van der Waals surface area contributed by atoms with Gasteiger partial charge in [-0.3, -0.25) is 4.90 Å². The van der Waals surface area contributed by atoms with Crippen LogP contribution in [0.4, 0.5) is 0 Å². The van der Waals surface area contributed by atoms with Crippen LogP contribution in [-0.2, 0) is 10.9 Å². The van der Waals surface area contributed by atoms with Crippen LogP contribution in [0.15, 0.2) is 0 Å². The zero-order valence-electron chi connectivity index (χ0n) is 5.68. The third kappa shape index (κ3) is 1.67. The Morgan fingerprint density at radius 1 is 1.25 bits per heavy atom. The van der Waals surface area contributed by atoms with Crippen LogP contribution in [0.1, 0.15) is 0 Å². The standard InChI is InChI=1S/C6H14NS/c1-7-3-5-8(2)6-4-7/h3-6H2,1-2H3/q+1. The van der Waals surface area contributed by atoms with E-state index in [1.54, 1.807) is 0 Å². The Hall–Kier alpha value is 0.310. The molecule has 1 rings (SSSR count). The molecule has 0 unspecified atom stereocenters. The van der Waals surface area contributed by atoms with Gasteiger partial charge in [0.05, 0.1) is 6.26 Å². The van der Waals surface area contributed by atoms with Gasteiger partial charge in [0, 0.05) is 13.1 Å². The molecule has 1 aliphatic rings. The van der Waals surface area contributed by atoms with Crippen LogP contribution >= 0.6 is 0 Å². The van der Waals surface area contributed by atoms with E-state index in [2.05, 4.69) is 18.2 Å². The van der Waals surface area contributed by atoms with Gasteiger partial charge >= 0.3 is 0 Å². The van der Waals surface area contributed by atoms with Gasteiger partial charge in [-0.2, -0.15) is 0 Å². The molecule has 48 valence electrons. The number of hydrogen-bond acceptors (Lipinski definition) is 1. The zero-order valence-corrected chi connectivity index (χ0v) is 6.50. The number of rotatable bonds is 0. The highest BCUT2D eigenvalue weighted by molar-refractivity contribution is 7.96. The van der Waals surface area contributed by atoms with Gasteiger partial charge in [0.1, 0.15) is 11.5 Å². The molecule has 1 nitrogen and oxygen atoms in total. The summed E-state index contributed by atoms with van der Waals surface area (Å²) in [6, 6.07) is 0. The molecule has 8 heavy (non-hydrogen) atoms. The molecular formula is C6H14NS+. The summed E-state index contributed by atoms with van der Waals surface area (Å²) in [7, 11) is 2.95. The molecule has 2 heteroatoms. The van der Waals surface area contributed by atoms with Crippen LogP contribution in [0, 0.1) is 0 Å². The van der Waals surface area contributed by atoms with E-state index in [1.807, 2.05) is 0 Å². The predicted octanol–water partition coefficient (Wildman–Crippen LogP) is 0.180. The molecule has 0 amide bonds. The quantitative estimate of drug-likeness (QED) is 0.425. The lowest BCUT2D eigenvalue weighted by Gasteiger charge is -2.20. The summed E-state index contributed by atoms with van der Waals surface area (Å²) in [5, 5.41) is 0. The lowest BCUT2D eigenvalue weighted by molar-refractivity contribution is 0.370. The number of hydrogen-bond donors (Lipinski definition) is 0. The van der Waals surface area contributed by atoms with Gasteiger partial charge in [-0.05, 0) is 17.9 Å². The van der Waals surface area contributed by atoms with Crippen molar-refractivity contribution < 1.29 is 0 Å². The highest BCUT2D eigenvalue weighted by Gasteiger charge is 2.18. The summed E-state index contributed by atoms with van der Waals surface area (Å²) in [6.07, 6.45) is 2.37. The predicted molar refractivity (Wildman–Crippen MR) is 40.5 cm³/mol. The fraction of sp³-hybridized carbons (Fsp3) is 1.00. The van der Waals surface area contributed by atoms with Crippen LogP contribution in [0.5, 0.6) is 0 Å². The maximum Gasteiger partial charge on any atom is 0.120 e. The van der Waals surface area contributed by atoms with Crippen molar-refractivity contribution in [2.75, 3.05) is 37.9 Å². The second-order valence-electron chi connectivity index (χ2n) is 2.49. The van der Waals surface area contributed by atoms with E-state index >= 15 is 0 Å². The lowest BCUT2D eigenvalue weighted by atomic mass is 10.6. The first kappa shape index (κ1) is 6.43. The minimum absolute atomic E-state index is 0.747. The molecule has 0 aromatic rings. The van der Waals surface area contributed by atoms with Gasteiger partial charge in [-0.1, -0.05) is 0 Å². The average Bonchev–Trinajstić information content (AvgIpc) is 1.77. The second kappa shape index (κ2) is 2.74. The normalized spacial score (nSPS) is 26.2. The van der Waals surface area contributed by atoms with Crippen LogP contribution in [0.3, 0.4) is 0 Å². The smallest absolute Gasteiger partial charge is 0.120 e. The fourth-order valence-corrected chi connectivity index (χ4v) is 2.29. The lowest BCUT2D eigenvalue weighted by Crippen LogP contribution is -2.36. The minimum atomic E-state index is 0.747. The first-order valence-corrected chi connectivity index (χ1v) is 5.04. The molecule has 0 aliphatic carbocycles. The Labute approximate surface area is 54.4 Å². The summed E-state index contributed by atoms with van der Waals surface area (Å²) in [6.45, 7) is 2.64. The first-order chi connectivity index (χ1) is 3.79.